The third kappa shape index (κ3) is 2.65. The van der Waals surface area contributed by atoms with Crippen LogP contribution in [0.4, 0.5) is 0 Å². The van der Waals surface area contributed by atoms with Crippen molar-refractivity contribution in [2.45, 2.75) is 63.8 Å². The van der Waals surface area contributed by atoms with E-state index in [4.69, 9.17) is 0 Å². The number of H-pyrrole nitrogens is 1. The van der Waals surface area contributed by atoms with Crippen molar-refractivity contribution in [3.63, 3.8) is 0 Å². The molecule has 0 radical (unpaired) electrons. The van der Waals surface area contributed by atoms with Crippen molar-refractivity contribution in [1.82, 2.24) is 20.1 Å². The van der Waals surface area contributed by atoms with Crippen LogP contribution in [-0.4, -0.2) is 38.6 Å². The Morgan fingerprint density at radius 3 is 2.95 bits per heavy atom. The molecule has 1 aromatic heterocycles. The molecule has 19 heavy (non-hydrogen) atoms. The van der Waals surface area contributed by atoms with E-state index in [-0.39, 0.29) is 5.91 Å². The first-order valence-corrected chi connectivity index (χ1v) is 7.53. The van der Waals surface area contributed by atoms with Crippen LogP contribution in [0.3, 0.4) is 0 Å². The van der Waals surface area contributed by atoms with Gasteiger partial charge in [0.15, 0.2) is 0 Å². The van der Waals surface area contributed by atoms with E-state index < -0.39 is 0 Å². The molecule has 2 aliphatic rings. The molecule has 5 heteroatoms. The van der Waals surface area contributed by atoms with Crippen LogP contribution in [-0.2, 0) is 0 Å². The summed E-state index contributed by atoms with van der Waals surface area (Å²) in [6.45, 7) is 3.03. The van der Waals surface area contributed by atoms with Crippen molar-refractivity contribution in [2.75, 3.05) is 6.54 Å². The molecule has 1 N–H and O–H groups in total. The van der Waals surface area contributed by atoms with Gasteiger partial charge in [0, 0.05) is 18.5 Å². The lowest BCUT2D eigenvalue weighted by Crippen LogP contribution is -2.44. The Hall–Kier alpha value is -1.39. The second-order valence-corrected chi connectivity index (χ2v) is 5.76. The van der Waals surface area contributed by atoms with Gasteiger partial charge in [0.25, 0.3) is 5.91 Å². The Balaban J connectivity index is 1.72. The standard InChI is InChI=1S/C14H22N4O/c1-2-5-11-6-3-4-9-18(11)14(19)13-15-12(16-17-13)10-7-8-10/h10-11H,2-9H2,1H3,(H,15,16,17). The SMILES string of the molecule is CCCC1CCCCN1C(=O)c1n[nH]c(C2CC2)n1. The van der Waals surface area contributed by atoms with Crippen molar-refractivity contribution in [3.05, 3.63) is 11.6 Å². The molecule has 1 aliphatic heterocycles. The molecule has 2 fully saturated rings. The minimum absolute atomic E-state index is 0.0151. The maximum absolute atomic E-state index is 12.5. The van der Waals surface area contributed by atoms with Crippen molar-refractivity contribution < 1.29 is 4.79 Å². The molecule has 0 aromatic carbocycles. The summed E-state index contributed by atoms with van der Waals surface area (Å²) < 4.78 is 0. The lowest BCUT2D eigenvalue weighted by Gasteiger charge is -2.35. The number of rotatable bonds is 4. The molecule has 1 unspecified atom stereocenters. The number of hydrogen-bond donors (Lipinski definition) is 1. The molecule has 2 heterocycles. The number of amides is 1. The van der Waals surface area contributed by atoms with Gasteiger partial charge in [0.05, 0.1) is 0 Å². The minimum atomic E-state index is 0.0151. The topological polar surface area (TPSA) is 61.9 Å². The van der Waals surface area contributed by atoms with Crippen LogP contribution in [0.15, 0.2) is 0 Å². The summed E-state index contributed by atoms with van der Waals surface area (Å²) >= 11 is 0. The number of nitrogens with zero attached hydrogens (tertiary/aromatic N) is 3. The first-order chi connectivity index (χ1) is 9.29. The Bertz CT molecular complexity index is 450. The smallest absolute Gasteiger partial charge is 0.293 e. The van der Waals surface area contributed by atoms with E-state index in [9.17, 15) is 4.79 Å². The molecular weight excluding hydrogens is 240 g/mol. The van der Waals surface area contributed by atoms with E-state index in [1.807, 2.05) is 4.90 Å². The predicted octanol–water partition coefficient (Wildman–Crippen LogP) is 2.48. The van der Waals surface area contributed by atoms with Gasteiger partial charge < -0.3 is 4.90 Å². The van der Waals surface area contributed by atoms with Crippen LogP contribution in [0.5, 0.6) is 0 Å². The van der Waals surface area contributed by atoms with Crippen LogP contribution in [0.25, 0.3) is 0 Å². The van der Waals surface area contributed by atoms with Gasteiger partial charge in [-0.1, -0.05) is 13.3 Å². The maximum atomic E-state index is 12.5. The summed E-state index contributed by atoms with van der Waals surface area (Å²) in [4.78, 5) is 18.9. The average Bonchev–Trinajstić information content (AvgIpc) is 3.17. The summed E-state index contributed by atoms with van der Waals surface area (Å²) in [5.41, 5.74) is 0. The third-order valence-corrected chi connectivity index (χ3v) is 4.17. The van der Waals surface area contributed by atoms with E-state index in [0.29, 0.717) is 17.8 Å². The summed E-state index contributed by atoms with van der Waals surface area (Å²) in [7, 11) is 0. The van der Waals surface area contributed by atoms with Crippen LogP contribution in [0, 0.1) is 0 Å². The van der Waals surface area contributed by atoms with E-state index >= 15 is 0 Å². The monoisotopic (exact) mass is 262 g/mol. The third-order valence-electron chi connectivity index (χ3n) is 4.17. The fraction of sp³-hybridized carbons (Fsp3) is 0.786. The predicted molar refractivity (Wildman–Crippen MR) is 71.9 cm³/mol. The zero-order chi connectivity index (χ0) is 13.2. The fourth-order valence-electron chi connectivity index (χ4n) is 2.94. The molecular formula is C14H22N4O. The van der Waals surface area contributed by atoms with Crippen LogP contribution in [0.1, 0.15) is 74.2 Å². The van der Waals surface area contributed by atoms with Gasteiger partial charge >= 0.3 is 0 Å². The number of aromatic amines is 1. The molecule has 1 aromatic rings. The lowest BCUT2D eigenvalue weighted by atomic mass is 9.98. The van der Waals surface area contributed by atoms with E-state index in [0.717, 1.165) is 38.1 Å². The number of likely N-dealkylation sites (tertiary alicyclic amines) is 1. The minimum Gasteiger partial charge on any atom is -0.333 e. The summed E-state index contributed by atoms with van der Waals surface area (Å²) in [5.74, 6) is 1.79. The van der Waals surface area contributed by atoms with Gasteiger partial charge in [-0.15, -0.1) is 5.10 Å². The van der Waals surface area contributed by atoms with Gasteiger partial charge in [0.1, 0.15) is 5.82 Å². The summed E-state index contributed by atoms with van der Waals surface area (Å²) in [6, 6.07) is 0.383. The number of hydrogen-bond acceptors (Lipinski definition) is 3. The molecule has 3 rings (SSSR count). The molecule has 1 amide bonds. The quantitative estimate of drug-likeness (QED) is 0.906. The number of nitrogens with one attached hydrogen (secondary N) is 1. The highest BCUT2D eigenvalue weighted by atomic mass is 16.2. The van der Waals surface area contributed by atoms with Gasteiger partial charge in [-0.25, -0.2) is 4.98 Å². The van der Waals surface area contributed by atoms with Gasteiger partial charge in [0.2, 0.25) is 5.82 Å². The summed E-state index contributed by atoms with van der Waals surface area (Å²) in [5, 5.41) is 7.05. The number of aromatic nitrogens is 3. The van der Waals surface area contributed by atoms with Crippen molar-refractivity contribution in [3.8, 4) is 0 Å². The van der Waals surface area contributed by atoms with Crippen molar-refractivity contribution in [2.24, 2.45) is 0 Å². The first-order valence-electron chi connectivity index (χ1n) is 7.53. The number of piperidine rings is 1. The lowest BCUT2D eigenvalue weighted by molar-refractivity contribution is 0.0588. The fourth-order valence-corrected chi connectivity index (χ4v) is 2.94. The normalized spacial score (nSPS) is 23.6. The zero-order valence-electron chi connectivity index (χ0n) is 11.6. The second kappa shape index (κ2) is 5.31. The molecule has 5 nitrogen and oxygen atoms in total. The second-order valence-electron chi connectivity index (χ2n) is 5.76. The molecule has 0 bridgehead atoms. The zero-order valence-corrected chi connectivity index (χ0v) is 11.6. The van der Waals surface area contributed by atoms with Gasteiger partial charge in [-0.3, -0.25) is 9.89 Å². The molecule has 0 spiro atoms. The molecule has 104 valence electrons. The first kappa shape index (κ1) is 12.6. The molecule has 1 saturated carbocycles. The maximum Gasteiger partial charge on any atom is 0.293 e. The largest absolute Gasteiger partial charge is 0.333 e. The van der Waals surface area contributed by atoms with E-state index in [2.05, 4.69) is 22.1 Å². The number of carbonyl (C=O) groups is 1. The Kier molecular flexibility index (Phi) is 3.53. The van der Waals surface area contributed by atoms with E-state index in [1.54, 1.807) is 0 Å². The highest BCUT2D eigenvalue weighted by Gasteiger charge is 2.32. The van der Waals surface area contributed by atoms with Crippen molar-refractivity contribution in [1.29, 1.82) is 0 Å². The number of carbonyl (C=O) groups excluding carboxylic acids is 1. The summed E-state index contributed by atoms with van der Waals surface area (Å²) in [6.07, 6.45) is 8.01. The van der Waals surface area contributed by atoms with Gasteiger partial charge in [-0.05, 0) is 38.5 Å². The Morgan fingerprint density at radius 2 is 2.21 bits per heavy atom. The van der Waals surface area contributed by atoms with E-state index in [1.165, 1.54) is 19.3 Å². The highest BCUT2D eigenvalue weighted by molar-refractivity contribution is 5.90. The molecule has 1 atom stereocenters. The van der Waals surface area contributed by atoms with Crippen LogP contribution in [0.2, 0.25) is 0 Å². The molecule has 1 saturated heterocycles. The average molecular weight is 262 g/mol. The molecule has 1 aliphatic carbocycles. The van der Waals surface area contributed by atoms with Crippen LogP contribution >= 0.6 is 0 Å². The van der Waals surface area contributed by atoms with Crippen LogP contribution < -0.4 is 0 Å². The Labute approximate surface area is 113 Å². The van der Waals surface area contributed by atoms with Gasteiger partial charge in [-0.2, -0.15) is 0 Å². The highest BCUT2D eigenvalue weighted by Crippen LogP contribution is 2.37. The Morgan fingerprint density at radius 1 is 1.37 bits per heavy atom. The van der Waals surface area contributed by atoms with Crippen molar-refractivity contribution >= 4 is 5.91 Å².